The monoisotopic (exact) mass is 311 g/mol. The number of halogens is 1. The molecule has 1 heterocycles. The predicted molar refractivity (Wildman–Crippen MR) is 86.1 cm³/mol. The van der Waals surface area contributed by atoms with Gasteiger partial charge in [-0.15, -0.1) is 5.10 Å². The Morgan fingerprint density at radius 1 is 1.09 bits per heavy atom. The van der Waals surface area contributed by atoms with Gasteiger partial charge < -0.3 is 0 Å². The van der Waals surface area contributed by atoms with E-state index in [2.05, 4.69) is 22.4 Å². The molecule has 0 amide bonds. The second-order valence-electron chi connectivity index (χ2n) is 5.09. The molecule has 1 aromatic heterocycles. The second kappa shape index (κ2) is 6.12. The number of carbonyl (C=O) groups excluding carboxylic acids is 1. The Hall–Kier alpha value is -2.46. The highest BCUT2D eigenvalue weighted by atomic mass is 35.5. The van der Waals surface area contributed by atoms with Gasteiger partial charge in [-0.05, 0) is 24.6 Å². The molecule has 4 nitrogen and oxygen atoms in total. The van der Waals surface area contributed by atoms with Crippen LogP contribution in [0.15, 0.2) is 48.5 Å². The van der Waals surface area contributed by atoms with Crippen LogP contribution in [0.3, 0.4) is 0 Å². The highest BCUT2D eigenvalue weighted by Gasteiger charge is 2.14. The van der Waals surface area contributed by atoms with E-state index >= 15 is 0 Å². The van der Waals surface area contributed by atoms with Crippen molar-refractivity contribution in [1.29, 1.82) is 0 Å². The fraction of sp³-hybridized carbons (Fsp3) is 0.118. The highest BCUT2D eigenvalue weighted by molar-refractivity contribution is 6.30. The Labute approximate surface area is 133 Å². The van der Waals surface area contributed by atoms with E-state index in [1.165, 1.54) is 5.56 Å². The third kappa shape index (κ3) is 2.92. The largest absolute Gasteiger partial charge is 0.296 e. The maximum Gasteiger partial charge on any atom is 0.172 e. The molecule has 0 aliphatic carbocycles. The van der Waals surface area contributed by atoms with Crippen LogP contribution in [0.5, 0.6) is 0 Å². The molecule has 0 fully saturated rings. The number of rotatable bonds is 4. The average molecular weight is 312 g/mol. The minimum atomic E-state index is 0.328. The highest BCUT2D eigenvalue weighted by Crippen LogP contribution is 2.24. The van der Waals surface area contributed by atoms with Crippen molar-refractivity contribution in [2.45, 2.75) is 13.5 Å². The maximum absolute atomic E-state index is 11.2. The number of carbonyl (C=O) groups is 1. The van der Waals surface area contributed by atoms with E-state index < -0.39 is 0 Å². The fourth-order valence-electron chi connectivity index (χ4n) is 2.29. The summed E-state index contributed by atoms with van der Waals surface area (Å²) in [5, 5.41) is 8.71. The summed E-state index contributed by atoms with van der Waals surface area (Å²) in [5.41, 5.74) is 4.20. The van der Waals surface area contributed by atoms with Crippen LogP contribution in [-0.4, -0.2) is 21.3 Å². The molecule has 0 atom stereocenters. The Morgan fingerprint density at radius 3 is 2.41 bits per heavy atom. The van der Waals surface area contributed by atoms with Crippen molar-refractivity contribution in [3.63, 3.8) is 0 Å². The van der Waals surface area contributed by atoms with Crippen LogP contribution in [0.2, 0.25) is 5.02 Å². The van der Waals surface area contributed by atoms with Crippen LogP contribution in [0, 0.1) is 6.92 Å². The molecule has 110 valence electrons. The van der Waals surface area contributed by atoms with E-state index in [9.17, 15) is 4.79 Å². The molecule has 3 aromatic rings. The fourth-order valence-corrected chi connectivity index (χ4v) is 2.41. The molecule has 0 radical (unpaired) electrons. The number of hydrogen-bond donors (Lipinski definition) is 0. The molecule has 22 heavy (non-hydrogen) atoms. The van der Waals surface area contributed by atoms with Gasteiger partial charge in [0, 0.05) is 10.6 Å². The Bertz CT molecular complexity index is 792. The lowest BCUT2D eigenvalue weighted by Crippen LogP contribution is -2.04. The third-order valence-corrected chi connectivity index (χ3v) is 3.70. The standard InChI is InChI=1S/C17H14ClN3O/c1-12-2-4-13(5-3-12)10-21-17(16(11-22)19-20-21)14-6-8-15(18)9-7-14/h2-9,11H,10H2,1H3. The van der Waals surface area contributed by atoms with Crippen LogP contribution in [-0.2, 0) is 6.54 Å². The Morgan fingerprint density at radius 2 is 1.77 bits per heavy atom. The van der Waals surface area contributed by atoms with Gasteiger partial charge in [0.1, 0.15) is 0 Å². The predicted octanol–water partition coefficient (Wildman–Crippen LogP) is 3.77. The van der Waals surface area contributed by atoms with Crippen molar-refractivity contribution in [3.8, 4) is 11.3 Å². The Balaban J connectivity index is 2.01. The van der Waals surface area contributed by atoms with Crippen LogP contribution < -0.4 is 0 Å². The summed E-state index contributed by atoms with van der Waals surface area (Å²) in [6, 6.07) is 15.5. The van der Waals surface area contributed by atoms with Gasteiger partial charge in [-0.1, -0.05) is 58.8 Å². The minimum Gasteiger partial charge on any atom is -0.296 e. The molecule has 0 spiro atoms. The minimum absolute atomic E-state index is 0.328. The van der Waals surface area contributed by atoms with Crippen molar-refractivity contribution >= 4 is 17.9 Å². The molecule has 3 rings (SSSR count). The molecule has 0 saturated heterocycles. The Kier molecular flexibility index (Phi) is 4.02. The van der Waals surface area contributed by atoms with E-state index in [0.29, 0.717) is 23.0 Å². The van der Waals surface area contributed by atoms with Crippen molar-refractivity contribution in [1.82, 2.24) is 15.0 Å². The lowest BCUT2D eigenvalue weighted by molar-refractivity contribution is 0.111. The van der Waals surface area contributed by atoms with E-state index in [0.717, 1.165) is 17.4 Å². The van der Waals surface area contributed by atoms with Gasteiger partial charge in [-0.3, -0.25) is 4.79 Å². The number of aromatic nitrogens is 3. The summed E-state index contributed by atoms with van der Waals surface area (Å²) in [4.78, 5) is 11.2. The molecule has 0 aliphatic rings. The molecule has 5 heteroatoms. The maximum atomic E-state index is 11.2. The van der Waals surface area contributed by atoms with Crippen molar-refractivity contribution < 1.29 is 4.79 Å². The smallest absolute Gasteiger partial charge is 0.172 e. The number of benzene rings is 2. The van der Waals surface area contributed by atoms with Crippen molar-refractivity contribution in [2.75, 3.05) is 0 Å². The zero-order valence-corrected chi connectivity index (χ0v) is 12.8. The van der Waals surface area contributed by atoms with Gasteiger partial charge in [0.25, 0.3) is 0 Å². The number of nitrogens with zero attached hydrogens (tertiary/aromatic N) is 3. The normalized spacial score (nSPS) is 10.6. The van der Waals surface area contributed by atoms with Crippen LogP contribution in [0.1, 0.15) is 21.6 Å². The third-order valence-electron chi connectivity index (χ3n) is 3.44. The van der Waals surface area contributed by atoms with Crippen LogP contribution in [0.4, 0.5) is 0 Å². The van der Waals surface area contributed by atoms with Crippen LogP contribution >= 0.6 is 11.6 Å². The number of aldehydes is 1. The first-order valence-electron chi connectivity index (χ1n) is 6.87. The van der Waals surface area contributed by atoms with Gasteiger partial charge in [0.2, 0.25) is 0 Å². The molecule has 0 N–H and O–H groups in total. The first-order valence-corrected chi connectivity index (χ1v) is 7.25. The summed E-state index contributed by atoms with van der Waals surface area (Å²) >= 11 is 5.92. The first kappa shape index (κ1) is 14.5. The summed E-state index contributed by atoms with van der Waals surface area (Å²) in [7, 11) is 0. The SMILES string of the molecule is Cc1ccc(Cn2nnc(C=O)c2-c2ccc(Cl)cc2)cc1. The van der Waals surface area contributed by atoms with Gasteiger partial charge in [0.05, 0.1) is 12.2 Å². The van der Waals surface area contributed by atoms with E-state index in [1.54, 1.807) is 16.8 Å². The molecule has 0 unspecified atom stereocenters. The molecule has 0 aliphatic heterocycles. The molecule has 0 saturated carbocycles. The van der Waals surface area contributed by atoms with E-state index in [-0.39, 0.29) is 0 Å². The van der Waals surface area contributed by atoms with Gasteiger partial charge >= 0.3 is 0 Å². The van der Waals surface area contributed by atoms with E-state index in [4.69, 9.17) is 11.6 Å². The first-order chi connectivity index (χ1) is 10.7. The second-order valence-corrected chi connectivity index (χ2v) is 5.53. The topological polar surface area (TPSA) is 47.8 Å². The molecule has 0 bridgehead atoms. The molecular weight excluding hydrogens is 298 g/mol. The summed E-state index contributed by atoms with van der Waals surface area (Å²) < 4.78 is 1.73. The van der Waals surface area contributed by atoms with Crippen molar-refractivity contribution in [2.24, 2.45) is 0 Å². The summed E-state index contributed by atoms with van der Waals surface area (Å²) in [6.45, 7) is 2.60. The zero-order chi connectivity index (χ0) is 15.5. The van der Waals surface area contributed by atoms with Crippen LogP contribution in [0.25, 0.3) is 11.3 Å². The van der Waals surface area contributed by atoms with E-state index in [1.807, 2.05) is 31.2 Å². The molecular formula is C17H14ClN3O. The summed E-state index contributed by atoms with van der Waals surface area (Å²) in [5.74, 6) is 0. The van der Waals surface area contributed by atoms with Crippen molar-refractivity contribution in [3.05, 3.63) is 70.4 Å². The van der Waals surface area contributed by atoms with Gasteiger partial charge in [0.15, 0.2) is 12.0 Å². The van der Waals surface area contributed by atoms with Gasteiger partial charge in [-0.25, -0.2) is 4.68 Å². The summed E-state index contributed by atoms with van der Waals surface area (Å²) in [6.07, 6.45) is 0.725. The number of hydrogen-bond acceptors (Lipinski definition) is 3. The number of aryl methyl sites for hydroxylation is 1. The van der Waals surface area contributed by atoms with Gasteiger partial charge in [-0.2, -0.15) is 0 Å². The quantitative estimate of drug-likeness (QED) is 0.689. The average Bonchev–Trinajstić information content (AvgIpc) is 2.93. The molecule has 2 aromatic carbocycles. The lowest BCUT2D eigenvalue weighted by atomic mass is 10.1. The zero-order valence-electron chi connectivity index (χ0n) is 12.0. The lowest BCUT2D eigenvalue weighted by Gasteiger charge is -2.08.